The van der Waals surface area contributed by atoms with Crippen molar-refractivity contribution in [2.24, 2.45) is 0 Å². The van der Waals surface area contributed by atoms with Crippen LogP contribution in [0.4, 0.5) is 17.1 Å². The second-order valence-electron chi connectivity index (χ2n) is 12.3. The molecule has 0 atom stereocenters. The summed E-state index contributed by atoms with van der Waals surface area (Å²) in [5.41, 5.74) is 10.1. The molecule has 8 aromatic carbocycles. The van der Waals surface area contributed by atoms with Crippen LogP contribution >= 0.6 is 0 Å². The molecule has 0 aliphatic heterocycles. The topological polar surface area (TPSA) is 3.24 Å². The van der Waals surface area contributed by atoms with Crippen molar-refractivity contribution in [1.29, 1.82) is 0 Å². The van der Waals surface area contributed by atoms with Gasteiger partial charge in [0.25, 0.3) is 0 Å². The minimum atomic E-state index is 1.04. The summed E-state index contributed by atoms with van der Waals surface area (Å²) in [4.78, 5) is 2.33. The molecule has 0 N–H and O–H groups in total. The average Bonchev–Trinajstić information content (AvgIpc) is 3.18. The minimum Gasteiger partial charge on any atom is -0.310 e. The molecule has 232 valence electrons. The van der Waals surface area contributed by atoms with Crippen LogP contribution in [-0.2, 0) is 0 Å². The molecule has 0 unspecified atom stereocenters. The lowest BCUT2D eigenvalue weighted by atomic mass is 9.92. The van der Waals surface area contributed by atoms with Crippen molar-refractivity contribution in [3.05, 3.63) is 207 Å². The predicted molar refractivity (Wildman–Crippen MR) is 213 cm³/mol. The van der Waals surface area contributed by atoms with Crippen LogP contribution in [0.5, 0.6) is 0 Å². The Balaban J connectivity index is 1.25. The van der Waals surface area contributed by atoms with E-state index >= 15 is 0 Å². The Kier molecular flexibility index (Phi) is 7.93. The van der Waals surface area contributed by atoms with Crippen LogP contribution in [0, 0.1) is 0 Å². The third-order valence-electron chi connectivity index (χ3n) is 9.39. The van der Waals surface area contributed by atoms with Crippen molar-refractivity contribution in [3.63, 3.8) is 0 Å². The predicted octanol–water partition coefficient (Wildman–Crippen LogP) is 13.7. The zero-order chi connectivity index (χ0) is 33.2. The number of allylic oxidation sites excluding steroid dienone is 4. The van der Waals surface area contributed by atoms with Crippen LogP contribution in [0.2, 0.25) is 0 Å². The summed E-state index contributed by atoms with van der Waals surface area (Å²) in [6.45, 7) is 7.88. The number of benzene rings is 8. The van der Waals surface area contributed by atoms with E-state index in [0.29, 0.717) is 0 Å². The van der Waals surface area contributed by atoms with E-state index in [9.17, 15) is 0 Å². The highest BCUT2D eigenvalue weighted by Crippen LogP contribution is 2.40. The first-order chi connectivity index (χ1) is 24.2. The van der Waals surface area contributed by atoms with Crippen molar-refractivity contribution in [3.8, 4) is 22.3 Å². The van der Waals surface area contributed by atoms with Gasteiger partial charge < -0.3 is 4.90 Å². The van der Waals surface area contributed by atoms with Gasteiger partial charge in [-0.3, -0.25) is 0 Å². The fourth-order valence-electron chi connectivity index (χ4n) is 7.00. The molecule has 0 spiro atoms. The maximum Gasteiger partial charge on any atom is 0.0467 e. The van der Waals surface area contributed by atoms with Gasteiger partial charge in [-0.1, -0.05) is 159 Å². The van der Waals surface area contributed by atoms with Crippen LogP contribution in [0.15, 0.2) is 201 Å². The fraction of sp³-hybridized carbons (Fsp3) is 0. The van der Waals surface area contributed by atoms with Crippen LogP contribution < -0.4 is 4.90 Å². The normalized spacial score (nSPS) is 11.6. The highest BCUT2D eigenvalue weighted by atomic mass is 15.1. The van der Waals surface area contributed by atoms with Crippen molar-refractivity contribution in [1.82, 2.24) is 0 Å². The van der Waals surface area contributed by atoms with E-state index in [0.717, 1.165) is 28.2 Å². The molecule has 0 saturated heterocycles. The Labute approximate surface area is 288 Å². The van der Waals surface area contributed by atoms with E-state index < -0.39 is 0 Å². The molecule has 0 amide bonds. The lowest BCUT2D eigenvalue weighted by Crippen LogP contribution is -2.10. The number of anilines is 3. The van der Waals surface area contributed by atoms with Gasteiger partial charge in [-0.25, -0.2) is 0 Å². The average molecular weight is 626 g/mol. The number of hydrogen-bond acceptors (Lipinski definition) is 1. The molecule has 49 heavy (non-hydrogen) atoms. The molecule has 0 heterocycles. The fourth-order valence-corrected chi connectivity index (χ4v) is 7.00. The Hall–Kier alpha value is -6.44. The van der Waals surface area contributed by atoms with Gasteiger partial charge in [0.15, 0.2) is 0 Å². The SMILES string of the molecule is C=C/C=C(\C=C)c1ccc(N(c2ccc(-c3ccccc3)cc2)c2cccc(-c3ccc4c5ccccc5c5ccccc5c4c3)c2)cc1. The third kappa shape index (κ3) is 5.62. The van der Waals surface area contributed by atoms with Crippen LogP contribution in [0.25, 0.3) is 60.1 Å². The molecule has 0 bridgehead atoms. The molecular weight excluding hydrogens is 591 g/mol. The van der Waals surface area contributed by atoms with Gasteiger partial charge in [0, 0.05) is 17.1 Å². The summed E-state index contributed by atoms with van der Waals surface area (Å²) < 4.78 is 0. The van der Waals surface area contributed by atoms with Crippen molar-refractivity contribution < 1.29 is 0 Å². The first kappa shape index (κ1) is 29.9. The second kappa shape index (κ2) is 13.0. The Bertz CT molecular complexity index is 2470. The highest BCUT2D eigenvalue weighted by molar-refractivity contribution is 6.25. The lowest BCUT2D eigenvalue weighted by molar-refractivity contribution is 1.28. The van der Waals surface area contributed by atoms with Gasteiger partial charge in [0.05, 0.1) is 0 Å². The standard InChI is InChI=1S/C48H35N/c1-3-13-34(4-2)36-22-27-40(28-23-36)49(41-29-24-37(25-30-41)35-14-6-5-7-15-35)42-17-12-16-38(32-42)39-26-31-47-45-20-9-8-18-43(45)44-19-10-11-21-46(44)48(47)33-39/h3-33H,1-2H2/b34-13+. The van der Waals surface area contributed by atoms with Gasteiger partial charge in [-0.15, -0.1) is 0 Å². The monoisotopic (exact) mass is 625 g/mol. The second-order valence-corrected chi connectivity index (χ2v) is 12.3. The third-order valence-corrected chi connectivity index (χ3v) is 9.39. The van der Waals surface area contributed by atoms with E-state index in [1.807, 2.05) is 12.2 Å². The van der Waals surface area contributed by atoms with Crippen LogP contribution in [0.3, 0.4) is 0 Å². The lowest BCUT2D eigenvalue weighted by Gasteiger charge is -2.26. The highest BCUT2D eigenvalue weighted by Gasteiger charge is 2.15. The van der Waals surface area contributed by atoms with E-state index in [2.05, 4.69) is 188 Å². The van der Waals surface area contributed by atoms with E-state index in [4.69, 9.17) is 0 Å². The van der Waals surface area contributed by atoms with Crippen LogP contribution in [0.1, 0.15) is 5.56 Å². The van der Waals surface area contributed by atoms with Crippen molar-refractivity contribution in [2.45, 2.75) is 0 Å². The summed E-state index contributed by atoms with van der Waals surface area (Å²) >= 11 is 0. The summed E-state index contributed by atoms with van der Waals surface area (Å²) in [6.07, 6.45) is 5.66. The minimum absolute atomic E-state index is 1.04. The Morgan fingerprint density at radius 1 is 0.388 bits per heavy atom. The van der Waals surface area contributed by atoms with Gasteiger partial charge in [0.2, 0.25) is 0 Å². The van der Waals surface area contributed by atoms with Gasteiger partial charge in [-0.2, -0.15) is 0 Å². The zero-order valence-electron chi connectivity index (χ0n) is 27.3. The van der Waals surface area contributed by atoms with Gasteiger partial charge in [0.1, 0.15) is 0 Å². The number of nitrogens with zero attached hydrogens (tertiary/aromatic N) is 1. The van der Waals surface area contributed by atoms with Gasteiger partial charge in [-0.05, 0) is 108 Å². The first-order valence-electron chi connectivity index (χ1n) is 16.7. The van der Waals surface area contributed by atoms with Crippen molar-refractivity contribution >= 4 is 55.0 Å². The summed E-state index contributed by atoms with van der Waals surface area (Å²) in [6, 6.07) is 61.3. The molecule has 0 fully saturated rings. The maximum atomic E-state index is 4.00. The summed E-state index contributed by atoms with van der Waals surface area (Å²) in [5, 5.41) is 7.69. The molecule has 1 heteroatoms. The quantitative estimate of drug-likeness (QED) is 0.120. The molecule has 1 nitrogen and oxygen atoms in total. The molecule has 8 aromatic rings. The van der Waals surface area contributed by atoms with Crippen molar-refractivity contribution in [2.75, 3.05) is 4.90 Å². The Morgan fingerprint density at radius 3 is 1.49 bits per heavy atom. The molecule has 0 radical (unpaired) electrons. The molecule has 0 aliphatic rings. The number of rotatable bonds is 8. The molecule has 0 saturated carbocycles. The van der Waals surface area contributed by atoms with E-state index in [-0.39, 0.29) is 0 Å². The molecule has 0 aliphatic carbocycles. The zero-order valence-corrected chi connectivity index (χ0v) is 27.3. The first-order valence-corrected chi connectivity index (χ1v) is 16.7. The van der Waals surface area contributed by atoms with Crippen LogP contribution in [-0.4, -0.2) is 0 Å². The molecule has 8 rings (SSSR count). The van der Waals surface area contributed by atoms with E-state index in [1.54, 1.807) is 6.08 Å². The molecular formula is C48H35N. The number of fused-ring (bicyclic) bond motifs is 6. The number of hydrogen-bond donors (Lipinski definition) is 0. The summed E-state index contributed by atoms with van der Waals surface area (Å²) in [5.74, 6) is 0. The van der Waals surface area contributed by atoms with E-state index in [1.165, 1.54) is 54.6 Å². The van der Waals surface area contributed by atoms with Gasteiger partial charge >= 0.3 is 0 Å². The summed E-state index contributed by atoms with van der Waals surface area (Å²) in [7, 11) is 0. The molecule has 0 aromatic heterocycles. The smallest absolute Gasteiger partial charge is 0.0467 e. The maximum absolute atomic E-state index is 4.00. The Morgan fingerprint density at radius 2 is 0.878 bits per heavy atom. The largest absolute Gasteiger partial charge is 0.310 e.